The number of carbonyl (C=O) groups is 1. The van der Waals surface area contributed by atoms with E-state index in [0.29, 0.717) is 11.6 Å². The normalized spacial score (nSPS) is 12.2. The van der Waals surface area contributed by atoms with E-state index in [9.17, 15) is 4.79 Å². The number of nitrogens with one attached hydrogen (secondary N) is 2. The zero-order valence-electron chi connectivity index (χ0n) is 9.25. The molecule has 0 saturated heterocycles. The van der Waals surface area contributed by atoms with E-state index in [1.807, 2.05) is 19.1 Å². The Morgan fingerprint density at radius 2 is 2.25 bits per heavy atom. The highest BCUT2D eigenvalue weighted by Crippen LogP contribution is 2.22. The van der Waals surface area contributed by atoms with Gasteiger partial charge in [0.15, 0.2) is 0 Å². The molecule has 4 nitrogen and oxygen atoms in total. The van der Waals surface area contributed by atoms with Crippen molar-refractivity contribution in [2.75, 3.05) is 18.9 Å². The van der Waals surface area contributed by atoms with Gasteiger partial charge in [0, 0.05) is 17.3 Å². The van der Waals surface area contributed by atoms with Crippen molar-refractivity contribution in [1.29, 1.82) is 0 Å². The molecule has 1 atom stereocenters. The van der Waals surface area contributed by atoms with E-state index < -0.39 is 12.0 Å². The molecular formula is C11H15ClN2O2. The van der Waals surface area contributed by atoms with Crippen molar-refractivity contribution in [3.63, 3.8) is 0 Å². The Hall–Kier alpha value is -1.26. The number of aliphatic carboxylic acids is 1. The topological polar surface area (TPSA) is 61.4 Å². The van der Waals surface area contributed by atoms with Gasteiger partial charge in [0.2, 0.25) is 0 Å². The van der Waals surface area contributed by atoms with Crippen molar-refractivity contribution in [3.8, 4) is 0 Å². The molecule has 0 fully saturated rings. The molecule has 1 unspecified atom stereocenters. The Morgan fingerprint density at radius 1 is 1.56 bits per heavy atom. The maximum absolute atomic E-state index is 10.8. The number of carboxylic acid groups (broad SMARTS) is 1. The van der Waals surface area contributed by atoms with Crippen LogP contribution in [0, 0.1) is 6.92 Å². The zero-order chi connectivity index (χ0) is 12.1. The van der Waals surface area contributed by atoms with Crippen LogP contribution in [0.25, 0.3) is 0 Å². The highest BCUT2D eigenvalue weighted by molar-refractivity contribution is 6.31. The molecule has 0 aliphatic rings. The first kappa shape index (κ1) is 12.8. The van der Waals surface area contributed by atoms with Crippen LogP contribution in [0.4, 0.5) is 5.69 Å². The highest BCUT2D eigenvalue weighted by Gasteiger charge is 2.14. The van der Waals surface area contributed by atoms with Crippen molar-refractivity contribution in [1.82, 2.24) is 5.32 Å². The Morgan fingerprint density at radius 3 is 2.81 bits per heavy atom. The Kier molecular flexibility index (Phi) is 4.58. The van der Waals surface area contributed by atoms with Crippen LogP contribution in [0.15, 0.2) is 18.2 Å². The van der Waals surface area contributed by atoms with Gasteiger partial charge < -0.3 is 15.7 Å². The SMILES string of the molecule is CNC(CNc1cccc(Cl)c1C)C(=O)O. The van der Waals surface area contributed by atoms with E-state index in [0.717, 1.165) is 11.3 Å². The molecule has 0 aromatic heterocycles. The third-order valence-corrected chi connectivity index (χ3v) is 2.82. The lowest BCUT2D eigenvalue weighted by Crippen LogP contribution is -2.39. The zero-order valence-corrected chi connectivity index (χ0v) is 10.0. The fraction of sp³-hybridized carbons (Fsp3) is 0.364. The molecule has 0 amide bonds. The summed E-state index contributed by atoms with van der Waals surface area (Å²) in [6.45, 7) is 2.20. The van der Waals surface area contributed by atoms with Crippen molar-refractivity contribution in [3.05, 3.63) is 28.8 Å². The fourth-order valence-corrected chi connectivity index (χ4v) is 1.50. The molecule has 1 aromatic rings. The van der Waals surface area contributed by atoms with Crippen molar-refractivity contribution < 1.29 is 9.90 Å². The number of halogens is 1. The first-order valence-electron chi connectivity index (χ1n) is 4.95. The number of benzene rings is 1. The van der Waals surface area contributed by atoms with Crippen molar-refractivity contribution in [2.45, 2.75) is 13.0 Å². The van der Waals surface area contributed by atoms with Crippen LogP contribution < -0.4 is 10.6 Å². The van der Waals surface area contributed by atoms with Gasteiger partial charge in [-0.3, -0.25) is 4.79 Å². The third kappa shape index (κ3) is 3.12. The molecule has 0 bridgehead atoms. The predicted molar refractivity (Wildman–Crippen MR) is 65.2 cm³/mol. The quantitative estimate of drug-likeness (QED) is 0.736. The Bertz CT molecular complexity index is 382. The first-order valence-corrected chi connectivity index (χ1v) is 5.33. The van der Waals surface area contributed by atoms with Crippen LogP contribution in [0.5, 0.6) is 0 Å². The van der Waals surface area contributed by atoms with Crippen LogP contribution in [0.2, 0.25) is 5.02 Å². The molecule has 88 valence electrons. The summed E-state index contributed by atoms with van der Waals surface area (Å²) in [5.41, 5.74) is 1.78. The van der Waals surface area contributed by atoms with Crippen molar-refractivity contribution >= 4 is 23.3 Å². The molecule has 0 aliphatic heterocycles. The number of carboxylic acids is 1. The van der Waals surface area contributed by atoms with Crippen LogP contribution in [-0.2, 0) is 4.79 Å². The molecule has 16 heavy (non-hydrogen) atoms. The van der Waals surface area contributed by atoms with Gasteiger partial charge in [0.1, 0.15) is 6.04 Å². The number of hydrogen-bond acceptors (Lipinski definition) is 3. The van der Waals surface area contributed by atoms with Gasteiger partial charge in [-0.25, -0.2) is 0 Å². The van der Waals surface area contributed by atoms with E-state index in [2.05, 4.69) is 10.6 Å². The summed E-state index contributed by atoms with van der Waals surface area (Å²) in [4.78, 5) is 10.8. The third-order valence-electron chi connectivity index (χ3n) is 2.41. The second-order valence-corrected chi connectivity index (χ2v) is 3.88. The Balaban J connectivity index is 2.67. The van der Waals surface area contributed by atoms with Gasteiger partial charge in [-0.15, -0.1) is 0 Å². The van der Waals surface area contributed by atoms with Crippen LogP contribution >= 0.6 is 11.6 Å². The van der Waals surface area contributed by atoms with E-state index in [1.54, 1.807) is 13.1 Å². The molecular weight excluding hydrogens is 228 g/mol. The first-order chi connectivity index (χ1) is 7.56. The van der Waals surface area contributed by atoms with E-state index in [4.69, 9.17) is 16.7 Å². The molecule has 1 rings (SSSR count). The summed E-state index contributed by atoms with van der Waals surface area (Å²) < 4.78 is 0. The number of likely N-dealkylation sites (N-methyl/N-ethyl adjacent to an activating group) is 1. The Labute approximate surface area is 99.6 Å². The molecule has 1 aromatic carbocycles. The standard InChI is InChI=1S/C11H15ClN2O2/c1-7-8(12)4-3-5-9(7)14-6-10(13-2)11(15)16/h3-5,10,13-14H,6H2,1-2H3,(H,15,16). The molecule has 0 aliphatic carbocycles. The van der Waals surface area contributed by atoms with Gasteiger partial charge >= 0.3 is 5.97 Å². The average molecular weight is 243 g/mol. The molecule has 0 heterocycles. The molecule has 3 N–H and O–H groups in total. The molecule has 0 spiro atoms. The fourth-order valence-electron chi connectivity index (χ4n) is 1.32. The van der Waals surface area contributed by atoms with Gasteiger partial charge in [-0.05, 0) is 31.7 Å². The average Bonchev–Trinajstić information content (AvgIpc) is 2.24. The number of hydrogen-bond donors (Lipinski definition) is 3. The molecule has 5 heteroatoms. The summed E-state index contributed by atoms with van der Waals surface area (Å²) in [5.74, 6) is -0.880. The maximum Gasteiger partial charge on any atom is 0.322 e. The lowest BCUT2D eigenvalue weighted by molar-refractivity contribution is -0.138. The summed E-state index contributed by atoms with van der Waals surface area (Å²) >= 11 is 5.95. The second-order valence-electron chi connectivity index (χ2n) is 3.47. The maximum atomic E-state index is 10.8. The highest BCUT2D eigenvalue weighted by atomic mass is 35.5. The van der Waals surface area contributed by atoms with Gasteiger partial charge in [0.25, 0.3) is 0 Å². The second kappa shape index (κ2) is 5.72. The van der Waals surface area contributed by atoms with Crippen LogP contribution in [0.3, 0.4) is 0 Å². The predicted octanol–water partition coefficient (Wildman–Crippen LogP) is 1.73. The summed E-state index contributed by atoms with van der Waals surface area (Å²) in [6.07, 6.45) is 0. The van der Waals surface area contributed by atoms with E-state index in [1.165, 1.54) is 0 Å². The number of rotatable bonds is 5. The van der Waals surface area contributed by atoms with Gasteiger partial charge in [-0.2, -0.15) is 0 Å². The largest absolute Gasteiger partial charge is 0.480 e. The van der Waals surface area contributed by atoms with Gasteiger partial charge in [0.05, 0.1) is 0 Å². The smallest absolute Gasteiger partial charge is 0.322 e. The van der Waals surface area contributed by atoms with Gasteiger partial charge in [-0.1, -0.05) is 17.7 Å². The van der Waals surface area contributed by atoms with E-state index in [-0.39, 0.29) is 0 Å². The number of anilines is 1. The van der Waals surface area contributed by atoms with Crippen LogP contribution in [-0.4, -0.2) is 30.7 Å². The lowest BCUT2D eigenvalue weighted by Gasteiger charge is -2.15. The summed E-state index contributed by atoms with van der Waals surface area (Å²) in [6, 6.07) is 4.88. The molecule has 0 saturated carbocycles. The van der Waals surface area contributed by atoms with Crippen LogP contribution in [0.1, 0.15) is 5.56 Å². The molecule has 0 radical (unpaired) electrons. The minimum atomic E-state index is -0.880. The minimum Gasteiger partial charge on any atom is -0.480 e. The summed E-state index contributed by atoms with van der Waals surface area (Å²) in [7, 11) is 1.62. The minimum absolute atomic E-state index is 0.313. The monoisotopic (exact) mass is 242 g/mol. The lowest BCUT2D eigenvalue weighted by atomic mass is 10.2. The van der Waals surface area contributed by atoms with E-state index >= 15 is 0 Å². The summed E-state index contributed by atoms with van der Waals surface area (Å²) in [5, 5.41) is 15.3. The van der Waals surface area contributed by atoms with Crippen molar-refractivity contribution in [2.24, 2.45) is 0 Å².